The molecule has 0 saturated heterocycles. The van der Waals surface area contributed by atoms with E-state index in [1.807, 2.05) is 56.9 Å². The van der Waals surface area contributed by atoms with Gasteiger partial charge in [-0.25, -0.2) is 9.78 Å². The number of nitrogens with one attached hydrogen (secondary N) is 2. The zero-order valence-electron chi connectivity index (χ0n) is 20.6. The first-order valence-electron chi connectivity index (χ1n) is 11.8. The number of methoxy groups -OCH3 is 1. The predicted octanol–water partition coefficient (Wildman–Crippen LogP) is 4.87. The Morgan fingerprint density at radius 1 is 1.15 bits per heavy atom. The van der Waals surface area contributed by atoms with E-state index in [4.69, 9.17) is 9.47 Å². The van der Waals surface area contributed by atoms with Crippen molar-refractivity contribution in [2.75, 3.05) is 17.3 Å². The summed E-state index contributed by atoms with van der Waals surface area (Å²) in [5.41, 5.74) is 3.35. The minimum absolute atomic E-state index is 0.0657. The molecule has 1 aliphatic heterocycles. The van der Waals surface area contributed by atoms with Crippen molar-refractivity contribution in [2.24, 2.45) is 0 Å². The summed E-state index contributed by atoms with van der Waals surface area (Å²) in [6.07, 6.45) is 5.07. The van der Waals surface area contributed by atoms with Gasteiger partial charge in [0.25, 0.3) is 0 Å². The zero-order chi connectivity index (χ0) is 24.5. The minimum Gasteiger partial charge on any atom is -0.497 e. The molecule has 4 rings (SSSR count). The van der Waals surface area contributed by atoms with Crippen LogP contribution in [0.1, 0.15) is 57.6 Å². The number of aromatic nitrogens is 1. The second kappa shape index (κ2) is 9.52. The first-order valence-corrected chi connectivity index (χ1v) is 11.8. The normalized spacial score (nSPS) is 20.0. The third kappa shape index (κ3) is 5.43. The molecule has 0 unspecified atom stereocenters. The van der Waals surface area contributed by atoms with Crippen molar-refractivity contribution in [3.63, 3.8) is 0 Å². The summed E-state index contributed by atoms with van der Waals surface area (Å²) >= 11 is 0. The molecule has 0 radical (unpaired) electrons. The third-order valence-corrected chi connectivity index (χ3v) is 6.31. The molecule has 0 bridgehead atoms. The molecule has 2 heterocycles. The number of rotatable bonds is 5. The lowest BCUT2D eigenvalue weighted by Gasteiger charge is -2.35. The topological polar surface area (TPSA) is 92.8 Å². The Bertz CT molecular complexity index is 1070. The number of alkyl carbamates (subject to hydrolysis) is 1. The molecule has 2 amide bonds. The fraction of sp³-hybridized carbons (Fsp3) is 0.500. The zero-order valence-corrected chi connectivity index (χ0v) is 20.6. The lowest BCUT2D eigenvalue weighted by Crippen LogP contribution is -2.46. The summed E-state index contributed by atoms with van der Waals surface area (Å²) in [4.78, 5) is 31.5. The van der Waals surface area contributed by atoms with Crippen molar-refractivity contribution < 1.29 is 19.1 Å². The number of nitrogens with zero attached hydrogens (tertiary/aromatic N) is 2. The third-order valence-electron chi connectivity index (χ3n) is 6.31. The van der Waals surface area contributed by atoms with Crippen LogP contribution in [-0.4, -0.2) is 41.8 Å². The van der Waals surface area contributed by atoms with E-state index < -0.39 is 5.60 Å². The van der Waals surface area contributed by atoms with Crippen LogP contribution in [0.2, 0.25) is 0 Å². The number of hydrogen-bond donors (Lipinski definition) is 2. The summed E-state index contributed by atoms with van der Waals surface area (Å²) in [6, 6.07) is 7.98. The molecule has 34 heavy (non-hydrogen) atoms. The van der Waals surface area contributed by atoms with Crippen LogP contribution >= 0.6 is 0 Å². The molecular weight excluding hydrogens is 432 g/mol. The Kier molecular flexibility index (Phi) is 6.68. The van der Waals surface area contributed by atoms with E-state index in [1.54, 1.807) is 13.3 Å². The van der Waals surface area contributed by atoms with Gasteiger partial charge >= 0.3 is 6.09 Å². The number of aryl methyl sites for hydroxylation is 1. The Labute approximate surface area is 201 Å². The van der Waals surface area contributed by atoms with Gasteiger partial charge in [-0.05, 0) is 77.1 Å². The monoisotopic (exact) mass is 466 g/mol. The summed E-state index contributed by atoms with van der Waals surface area (Å²) in [5.74, 6) is 1.61. The molecule has 2 aliphatic rings. The average molecular weight is 467 g/mol. The van der Waals surface area contributed by atoms with Crippen LogP contribution < -0.4 is 20.3 Å². The second-order valence-corrected chi connectivity index (χ2v) is 10.1. The maximum absolute atomic E-state index is 12.9. The van der Waals surface area contributed by atoms with E-state index in [0.29, 0.717) is 12.2 Å². The largest absolute Gasteiger partial charge is 0.497 e. The van der Waals surface area contributed by atoms with Crippen molar-refractivity contribution in [3.8, 4) is 5.75 Å². The van der Waals surface area contributed by atoms with Gasteiger partial charge in [-0.3, -0.25) is 4.79 Å². The highest BCUT2D eigenvalue weighted by Crippen LogP contribution is 2.37. The minimum atomic E-state index is -0.517. The van der Waals surface area contributed by atoms with Gasteiger partial charge in [0.2, 0.25) is 5.91 Å². The quantitative estimate of drug-likeness (QED) is 0.653. The van der Waals surface area contributed by atoms with Crippen LogP contribution in [0.4, 0.5) is 22.0 Å². The molecule has 2 N–H and O–H groups in total. The van der Waals surface area contributed by atoms with E-state index in [2.05, 4.69) is 15.6 Å². The highest BCUT2D eigenvalue weighted by molar-refractivity contribution is 6.02. The smallest absolute Gasteiger partial charge is 0.407 e. The summed E-state index contributed by atoms with van der Waals surface area (Å²) < 4.78 is 10.7. The highest BCUT2D eigenvalue weighted by atomic mass is 16.6. The molecule has 1 saturated carbocycles. The number of anilines is 3. The SMILES string of the molecule is COc1ccc(Nc2cc3c(cn2)CC(=O)N3C2CCC(NC(=O)OC(C)(C)C)CC2)c(C)c1. The molecule has 8 nitrogen and oxygen atoms in total. The van der Waals surface area contributed by atoms with Crippen molar-refractivity contribution in [2.45, 2.75) is 77.5 Å². The predicted molar refractivity (Wildman–Crippen MR) is 132 cm³/mol. The molecule has 1 aromatic heterocycles. The molecule has 1 aliphatic carbocycles. The van der Waals surface area contributed by atoms with Crippen LogP contribution in [0.15, 0.2) is 30.5 Å². The van der Waals surface area contributed by atoms with Crippen LogP contribution in [0.25, 0.3) is 0 Å². The molecule has 1 aromatic carbocycles. The molecule has 182 valence electrons. The summed E-state index contributed by atoms with van der Waals surface area (Å²) in [7, 11) is 1.65. The maximum Gasteiger partial charge on any atom is 0.407 e. The molecule has 0 atom stereocenters. The Hall–Kier alpha value is -3.29. The number of benzene rings is 1. The highest BCUT2D eigenvalue weighted by Gasteiger charge is 2.36. The van der Waals surface area contributed by atoms with E-state index in [1.165, 1.54) is 0 Å². The van der Waals surface area contributed by atoms with Crippen molar-refractivity contribution in [1.29, 1.82) is 0 Å². The molecular formula is C26H34N4O4. The van der Waals surface area contributed by atoms with Gasteiger partial charge < -0.3 is 25.0 Å². The lowest BCUT2D eigenvalue weighted by molar-refractivity contribution is -0.118. The fourth-order valence-corrected chi connectivity index (χ4v) is 4.68. The van der Waals surface area contributed by atoms with E-state index in [0.717, 1.165) is 53.9 Å². The van der Waals surface area contributed by atoms with Crippen molar-refractivity contribution >= 4 is 29.2 Å². The average Bonchev–Trinajstić information content (AvgIpc) is 3.09. The molecule has 8 heteroatoms. The Balaban J connectivity index is 1.43. The van der Waals surface area contributed by atoms with Gasteiger partial charge in [0.1, 0.15) is 17.2 Å². The number of hydrogen-bond acceptors (Lipinski definition) is 6. The van der Waals surface area contributed by atoms with Crippen molar-refractivity contribution in [3.05, 3.63) is 41.6 Å². The number of carbonyl (C=O) groups excluding carboxylic acids is 2. The van der Waals surface area contributed by atoms with Gasteiger partial charge in [0, 0.05) is 35.6 Å². The molecule has 1 fully saturated rings. The number of fused-ring (bicyclic) bond motifs is 1. The number of amides is 2. The number of ether oxygens (including phenoxy) is 2. The Morgan fingerprint density at radius 2 is 1.88 bits per heavy atom. The number of carbonyl (C=O) groups is 2. The van der Waals surface area contributed by atoms with E-state index in [-0.39, 0.29) is 24.1 Å². The van der Waals surface area contributed by atoms with Crippen molar-refractivity contribution in [1.82, 2.24) is 10.3 Å². The second-order valence-electron chi connectivity index (χ2n) is 10.1. The maximum atomic E-state index is 12.9. The van der Waals surface area contributed by atoms with Crippen LogP contribution in [0.5, 0.6) is 5.75 Å². The first-order chi connectivity index (χ1) is 16.1. The van der Waals surface area contributed by atoms with E-state index >= 15 is 0 Å². The summed E-state index contributed by atoms with van der Waals surface area (Å²) in [5, 5.41) is 6.35. The van der Waals surface area contributed by atoms with Gasteiger partial charge in [-0.15, -0.1) is 0 Å². The van der Waals surface area contributed by atoms with Gasteiger partial charge in [-0.1, -0.05) is 0 Å². The van der Waals surface area contributed by atoms with Gasteiger partial charge in [-0.2, -0.15) is 0 Å². The lowest BCUT2D eigenvalue weighted by atomic mass is 9.90. The first kappa shape index (κ1) is 23.9. The molecule has 0 spiro atoms. The standard InChI is InChI=1S/C26H34N4O4/c1-16-12-20(33-5)10-11-21(16)29-23-14-22-17(15-27-23)13-24(31)30(22)19-8-6-18(7-9-19)28-25(32)34-26(2,3)4/h10-12,14-15,18-19H,6-9,13H2,1-5H3,(H,27,29)(H,28,32). The molecule has 2 aromatic rings. The van der Waals surface area contributed by atoms with Crippen LogP contribution in [0, 0.1) is 6.92 Å². The fourth-order valence-electron chi connectivity index (χ4n) is 4.68. The van der Waals surface area contributed by atoms with Gasteiger partial charge in [0.05, 0.1) is 19.2 Å². The van der Waals surface area contributed by atoms with E-state index in [9.17, 15) is 9.59 Å². The van der Waals surface area contributed by atoms with Crippen LogP contribution in [-0.2, 0) is 16.0 Å². The number of pyridine rings is 1. The summed E-state index contributed by atoms with van der Waals surface area (Å²) in [6.45, 7) is 7.58. The van der Waals surface area contributed by atoms with Gasteiger partial charge in [0.15, 0.2) is 0 Å². The van der Waals surface area contributed by atoms with Crippen LogP contribution in [0.3, 0.4) is 0 Å². The Morgan fingerprint density at radius 3 is 2.53 bits per heavy atom.